The number of carbonyl (C=O) groups is 2. The summed E-state index contributed by atoms with van der Waals surface area (Å²) in [5.74, 6) is -0.977. The number of aromatic nitrogens is 2. The van der Waals surface area contributed by atoms with Gasteiger partial charge in [-0.2, -0.15) is 0 Å². The molecule has 1 spiro atoms. The molecule has 2 aliphatic rings. The number of benzene rings is 1. The first kappa shape index (κ1) is 17.9. The van der Waals surface area contributed by atoms with Gasteiger partial charge in [0, 0.05) is 19.5 Å². The van der Waals surface area contributed by atoms with E-state index in [1.54, 1.807) is 11.8 Å². The van der Waals surface area contributed by atoms with E-state index < -0.39 is 12.0 Å². The van der Waals surface area contributed by atoms with Gasteiger partial charge in [-0.05, 0) is 66.6 Å². The van der Waals surface area contributed by atoms with Crippen LogP contribution >= 0.6 is 0 Å². The molecule has 2 saturated heterocycles. The number of hydrogen-bond acceptors (Lipinski definition) is 6. The van der Waals surface area contributed by atoms with Crippen LogP contribution in [0.1, 0.15) is 38.2 Å². The summed E-state index contributed by atoms with van der Waals surface area (Å²) in [6, 6.07) is 5.14. The average molecular weight is 372 g/mol. The van der Waals surface area contributed by atoms with Gasteiger partial charge < -0.3 is 10.0 Å². The van der Waals surface area contributed by atoms with Crippen LogP contribution in [0.4, 0.5) is 0 Å². The molecule has 2 aromatic rings. The van der Waals surface area contributed by atoms with Gasteiger partial charge in [0.15, 0.2) is 0 Å². The zero-order chi connectivity index (χ0) is 19.0. The lowest BCUT2D eigenvalue weighted by Gasteiger charge is -2.48. The molecule has 2 fully saturated rings. The Morgan fingerprint density at radius 2 is 2.07 bits per heavy atom. The van der Waals surface area contributed by atoms with E-state index in [1.165, 1.54) is 0 Å². The highest BCUT2D eigenvalue weighted by atomic mass is 16.6. The van der Waals surface area contributed by atoms with Crippen LogP contribution in [0.3, 0.4) is 0 Å². The minimum absolute atomic E-state index is 0.0373. The van der Waals surface area contributed by atoms with Crippen LogP contribution in [-0.4, -0.2) is 62.8 Å². The third-order valence-corrected chi connectivity index (χ3v) is 6.20. The summed E-state index contributed by atoms with van der Waals surface area (Å²) in [7, 11) is 0. The second-order valence-electron chi connectivity index (χ2n) is 7.86. The van der Waals surface area contributed by atoms with Crippen molar-refractivity contribution in [2.24, 2.45) is 5.41 Å². The lowest BCUT2D eigenvalue weighted by molar-refractivity contribution is -0.155. The van der Waals surface area contributed by atoms with E-state index in [1.807, 2.05) is 18.2 Å². The number of likely N-dealkylation sites (tertiary alicyclic amines) is 2. The molecule has 3 heterocycles. The Kier molecular flexibility index (Phi) is 4.59. The van der Waals surface area contributed by atoms with Crippen molar-refractivity contribution in [1.29, 1.82) is 0 Å². The van der Waals surface area contributed by atoms with Crippen LogP contribution in [-0.2, 0) is 16.1 Å². The molecule has 1 atom stereocenters. The predicted molar refractivity (Wildman–Crippen MR) is 96.8 cm³/mol. The van der Waals surface area contributed by atoms with Crippen molar-refractivity contribution in [3.8, 4) is 0 Å². The fourth-order valence-electron chi connectivity index (χ4n) is 4.35. The summed E-state index contributed by atoms with van der Waals surface area (Å²) >= 11 is 0. The highest BCUT2D eigenvalue weighted by Crippen LogP contribution is 2.41. The highest BCUT2D eigenvalue weighted by Gasteiger charge is 2.43. The van der Waals surface area contributed by atoms with Crippen molar-refractivity contribution in [2.45, 2.75) is 45.2 Å². The van der Waals surface area contributed by atoms with Crippen LogP contribution in [0.5, 0.6) is 0 Å². The first-order chi connectivity index (χ1) is 13.0. The number of carboxylic acids is 1. The molecule has 1 unspecified atom stereocenters. The lowest BCUT2D eigenvalue weighted by atomic mass is 9.72. The molecule has 4 rings (SSSR count). The van der Waals surface area contributed by atoms with Gasteiger partial charge in [-0.3, -0.25) is 9.69 Å². The van der Waals surface area contributed by atoms with E-state index in [4.69, 9.17) is 4.63 Å². The molecule has 8 heteroatoms. The number of rotatable bonds is 4. The van der Waals surface area contributed by atoms with Crippen LogP contribution in [0, 0.1) is 5.41 Å². The Bertz CT molecular complexity index is 856. The largest absolute Gasteiger partial charge is 0.480 e. The Morgan fingerprint density at radius 1 is 1.30 bits per heavy atom. The average Bonchev–Trinajstić information content (AvgIpc) is 3.15. The van der Waals surface area contributed by atoms with Gasteiger partial charge >= 0.3 is 5.97 Å². The number of fused-ring (bicyclic) bond motifs is 1. The molecule has 1 aromatic carbocycles. The third-order valence-electron chi connectivity index (χ3n) is 6.20. The number of piperidine rings is 2. The number of aliphatic carboxylic acids is 1. The summed E-state index contributed by atoms with van der Waals surface area (Å²) < 4.78 is 4.84. The predicted octanol–water partition coefficient (Wildman–Crippen LogP) is 1.90. The Hall–Kier alpha value is -2.48. The fraction of sp³-hybridized carbons (Fsp3) is 0.579. The normalized spacial score (nSPS) is 21.7. The van der Waals surface area contributed by atoms with Crippen LogP contribution in [0.25, 0.3) is 11.0 Å². The lowest BCUT2D eigenvalue weighted by Crippen LogP contribution is -2.55. The summed E-state index contributed by atoms with van der Waals surface area (Å²) in [5, 5.41) is 17.2. The van der Waals surface area contributed by atoms with E-state index in [0.717, 1.165) is 55.5 Å². The standard InChI is InChI=1S/C19H24N4O4/c1-13(18(25)26)23-12-19(6-5-16(23)24)7-9-22(10-8-19)11-14-3-2-4-15-17(14)21-27-20-15/h2-4,13H,5-12H2,1H3,(H,25,26). The fourth-order valence-corrected chi connectivity index (χ4v) is 4.35. The molecule has 144 valence electrons. The van der Waals surface area contributed by atoms with E-state index in [0.29, 0.717) is 13.0 Å². The van der Waals surface area contributed by atoms with Crippen LogP contribution in [0.2, 0.25) is 0 Å². The van der Waals surface area contributed by atoms with E-state index in [-0.39, 0.29) is 11.3 Å². The van der Waals surface area contributed by atoms with Crippen molar-refractivity contribution >= 4 is 22.9 Å². The van der Waals surface area contributed by atoms with Gasteiger partial charge in [0.05, 0.1) is 0 Å². The van der Waals surface area contributed by atoms with Crippen molar-refractivity contribution in [1.82, 2.24) is 20.1 Å². The minimum atomic E-state index is -0.938. The second kappa shape index (κ2) is 6.92. The zero-order valence-corrected chi connectivity index (χ0v) is 15.4. The molecule has 1 amide bonds. The molecule has 0 saturated carbocycles. The molecule has 0 aliphatic carbocycles. The van der Waals surface area contributed by atoms with Crippen molar-refractivity contribution in [3.05, 3.63) is 23.8 Å². The first-order valence-corrected chi connectivity index (χ1v) is 9.42. The Labute approximate surface area is 157 Å². The van der Waals surface area contributed by atoms with Crippen LogP contribution < -0.4 is 0 Å². The third kappa shape index (κ3) is 3.41. The maximum atomic E-state index is 12.2. The van der Waals surface area contributed by atoms with Gasteiger partial charge in [-0.15, -0.1) is 0 Å². The molecule has 27 heavy (non-hydrogen) atoms. The van der Waals surface area contributed by atoms with E-state index in [2.05, 4.69) is 15.2 Å². The van der Waals surface area contributed by atoms with Crippen molar-refractivity contribution < 1.29 is 19.3 Å². The van der Waals surface area contributed by atoms with Gasteiger partial charge in [0.1, 0.15) is 17.1 Å². The van der Waals surface area contributed by atoms with E-state index in [9.17, 15) is 14.7 Å². The number of amides is 1. The van der Waals surface area contributed by atoms with E-state index >= 15 is 0 Å². The highest BCUT2D eigenvalue weighted by molar-refractivity contribution is 5.84. The maximum absolute atomic E-state index is 12.2. The Morgan fingerprint density at radius 3 is 2.81 bits per heavy atom. The Balaban J connectivity index is 1.41. The molecule has 8 nitrogen and oxygen atoms in total. The van der Waals surface area contributed by atoms with Crippen molar-refractivity contribution in [2.75, 3.05) is 19.6 Å². The maximum Gasteiger partial charge on any atom is 0.326 e. The second-order valence-corrected chi connectivity index (χ2v) is 7.86. The van der Waals surface area contributed by atoms with Gasteiger partial charge in [0.25, 0.3) is 0 Å². The molecule has 2 aliphatic heterocycles. The zero-order valence-electron chi connectivity index (χ0n) is 15.4. The van der Waals surface area contributed by atoms with Gasteiger partial charge in [-0.1, -0.05) is 12.1 Å². The van der Waals surface area contributed by atoms with Crippen molar-refractivity contribution in [3.63, 3.8) is 0 Å². The number of carboxylic acid groups (broad SMARTS) is 1. The summed E-state index contributed by atoms with van der Waals surface area (Å²) in [4.78, 5) is 27.5. The van der Waals surface area contributed by atoms with Crippen LogP contribution in [0.15, 0.2) is 22.8 Å². The summed E-state index contributed by atoms with van der Waals surface area (Å²) in [6.07, 6.45) is 3.24. The smallest absolute Gasteiger partial charge is 0.326 e. The molecule has 1 N–H and O–H groups in total. The molecular formula is C19H24N4O4. The summed E-state index contributed by atoms with van der Waals surface area (Å²) in [5.41, 5.74) is 2.72. The topological polar surface area (TPSA) is 99.8 Å². The van der Waals surface area contributed by atoms with Gasteiger partial charge in [-0.25, -0.2) is 9.42 Å². The minimum Gasteiger partial charge on any atom is -0.480 e. The number of hydrogen-bond donors (Lipinski definition) is 1. The molecule has 0 bridgehead atoms. The number of carbonyl (C=O) groups excluding carboxylic acids is 1. The first-order valence-electron chi connectivity index (χ1n) is 9.42. The quantitative estimate of drug-likeness (QED) is 0.875. The molecule has 0 radical (unpaired) electrons. The SMILES string of the molecule is CC(C(=O)O)N1CC2(CCC1=O)CCN(Cc1cccc3nonc13)CC2. The molecule has 1 aromatic heterocycles. The van der Waals surface area contributed by atoms with Gasteiger partial charge in [0.2, 0.25) is 5.91 Å². The number of nitrogens with zero attached hydrogens (tertiary/aromatic N) is 4. The molecular weight excluding hydrogens is 348 g/mol. The summed E-state index contributed by atoms with van der Waals surface area (Å²) in [6.45, 7) is 4.78. The monoisotopic (exact) mass is 372 g/mol.